The third-order valence-corrected chi connectivity index (χ3v) is 5.04. The van der Waals surface area contributed by atoms with E-state index in [1.165, 1.54) is 29.3 Å². The topological polar surface area (TPSA) is 68.2 Å². The lowest BCUT2D eigenvalue weighted by molar-refractivity contribution is 0.247. The smallest absolute Gasteiger partial charge is 0.128 e. The summed E-state index contributed by atoms with van der Waals surface area (Å²) in [7, 11) is 2.13. The number of rotatable bonds is 5. The van der Waals surface area contributed by atoms with Crippen LogP contribution in [0.5, 0.6) is 0 Å². The number of anilines is 1. The zero-order valence-corrected chi connectivity index (χ0v) is 14.3. The molecule has 1 aliphatic carbocycles. The molecule has 20 heavy (non-hydrogen) atoms. The van der Waals surface area contributed by atoms with Gasteiger partial charge in [-0.15, -0.1) is 0 Å². The molecule has 1 aromatic heterocycles. The van der Waals surface area contributed by atoms with Gasteiger partial charge in [0.25, 0.3) is 0 Å². The summed E-state index contributed by atoms with van der Waals surface area (Å²) in [6, 6.07) is 4.39. The van der Waals surface area contributed by atoms with E-state index in [0.29, 0.717) is 12.5 Å². The molecule has 5 heteroatoms. The molecule has 4 nitrogen and oxygen atoms in total. The number of nitrogens with zero attached hydrogens (tertiary/aromatic N) is 2. The Balaban J connectivity index is 1.81. The van der Waals surface area contributed by atoms with Crippen molar-refractivity contribution < 1.29 is 0 Å². The molecule has 4 N–H and O–H groups in total. The van der Waals surface area contributed by atoms with Crippen LogP contribution in [0.4, 0.5) is 5.82 Å². The van der Waals surface area contributed by atoms with E-state index in [1.54, 1.807) is 0 Å². The van der Waals surface area contributed by atoms with Crippen LogP contribution in [0, 0.1) is 15.4 Å². The van der Waals surface area contributed by atoms with E-state index in [9.17, 15) is 0 Å². The first-order valence-electron chi connectivity index (χ1n) is 7.38. The van der Waals surface area contributed by atoms with Crippen LogP contribution in [0.3, 0.4) is 0 Å². The monoisotopic (exact) mass is 388 g/mol. The maximum absolute atomic E-state index is 6.05. The fourth-order valence-electron chi connectivity index (χ4n) is 3.07. The largest absolute Gasteiger partial charge is 0.359 e. The van der Waals surface area contributed by atoms with Crippen LogP contribution >= 0.6 is 22.6 Å². The Morgan fingerprint density at radius 3 is 2.60 bits per heavy atom. The van der Waals surface area contributed by atoms with E-state index in [1.807, 2.05) is 6.20 Å². The third-order valence-electron chi connectivity index (χ3n) is 4.40. The summed E-state index contributed by atoms with van der Waals surface area (Å²) in [6.07, 6.45) is 6.87. The van der Waals surface area contributed by atoms with Crippen LogP contribution in [0.15, 0.2) is 18.3 Å². The molecule has 1 saturated carbocycles. The lowest BCUT2D eigenvalue weighted by atomic mass is 9.78. The van der Waals surface area contributed by atoms with Crippen molar-refractivity contribution in [2.45, 2.75) is 31.7 Å². The molecule has 0 aliphatic heterocycles. The van der Waals surface area contributed by atoms with Gasteiger partial charge in [-0.3, -0.25) is 0 Å². The molecule has 0 saturated heterocycles. The van der Waals surface area contributed by atoms with Gasteiger partial charge >= 0.3 is 0 Å². The molecule has 0 radical (unpaired) electrons. The van der Waals surface area contributed by atoms with E-state index in [0.717, 1.165) is 18.3 Å². The predicted molar refractivity (Wildman–Crippen MR) is 92.7 cm³/mol. The van der Waals surface area contributed by atoms with Crippen molar-refractivity contribution in [3.63, 3.8) is 0 Å². The predicted octanol–water partition coefficient (Wildman–Crippen LogP) is 2.21. The normalized spacial score (nSPS) is 24.4. The zero-order chi connectivity index (χ0) is 14.5. The molecule has 1 aliphatic rings. The Labute approximate surface area is 135 Å². The molecule has 1 atom stereocenters. The minimum atomic E-state index is 0.187. The minimum Gasteiger partial charge on any atom is -0.359 e. The highest BCUT2D eigenvalue weighted by Gasteiger charge is 2.25. The Morgan fingerprint density at radius 2 is 2.05 bits per heavy atom. The number of pyridine rings is 1. The average molecular weight is 388 g/mol. The summed E-state index contributed by atoms with van der Waals surface area (Å²) < 4.78 is 1.18. The van der Waals surface area contributed by atoms with Crippen molar-refractivity contribution in [1.29, 1.82) is 0 Å². The van der Waals surface area contributed by atoms with Gasteiger partial charge in [-0.05, 0) is 72.2 Å². The van der Waals surface area contributed by atoms with Gasteiger partial charge in [0, 0.05) is 35.9 Å². The third kappa shape index (κ3) is 4.30. The number of aromatic nitrogens is 1. The Kier molecular flexibility index (Phi) is 6.04. The number of hydrogen-bond donors (Lipinski definition) is 2. The van der Waals surface area contributed by atoms with Gasteiger partial charge in [-0.25, -0.2) is 4.98 Å². The van der Waals surface area contributed by atoms with Crippen molar-refractivity contribution >= 4 is 28.4 Å². The van der Waals surface area contributed by atoms with Gasteiger partial charge in [-0.2, -0.15) is 0 Å². The van der Waals surface area contributed by atoms with Crippen molar-refractivity contribution in [2.24, 2.45) is 23.3 Å². The molecular formula is C15H25IN4. The first-order valence-corrected chi connectivity index (χ1v) is 8.46. The van der Waals surface area contributed by atoms with Crippen LogP contribution < -0.4 is 16.4 Å². The van der Waals surface area contributed by atoms with Crippen LogP contribution in [0.25, 0.3) is 0 Å². The number of nitrogens with two attached hydrogens (primary N) is 2. The van der Waals surface area contributed by atoms with E-state index in [4.69, 9.17) is 11.5 Å². The van der Waals surface area contributed by atoms with Gasteiger partial charge in [0.1, 0.15) is 5.82 Å². The van der Waals surface area contributed by atoms with E-state index < -0.39 is 0 Å². The van der Waals surface area contributed by atoms with Crippen LogP contribution in [0.1, 0.15) is 25.7 Å². The van der Waals surface area contributed by atoms with E-state index in [-0.39, 0.29) is 6.04 Å². The second-order valence-corrected chi connectivity index (χ2v) is 7.14. The molecule has 1 heterocycles. The molecule has 0 aromatic carbocycles. The molecule has 1 fully saturated rings. The maximum atomic E-state index is 6.05. The van der Waals surface area contributed by atoms with Crippen LogP contribution in [-0.2, 0) is 0 Å². The van der Waals surface area contributed by atoms with Gasteiger partial charge in [0.05, 0.1) is 0 Å². The molecular weight excluding hydrogens is 363 g/mol. The van der Waals surface area contributed by atoms with Crippen molar-refractivity contribution in [1.82, 2.24) is 4.98 Å². The Hall–Kier alpha value is -0.400. The minimum absolute atomic E-state index is 0.187. The summed E-state index contributed by atoms with van der Waals surface area (Å²) in [4.78, 5) is 6.75. The highest BCUT2D eigenvalue weighted by molar-refractivity contribution is 14.1. The van der Waals surface area contributed by atoms with Crippen LogP contribution in [-0.4, -0.2) is 31.2 Å². The Morgan fingerprint density at radius 1 is 1.35 bits per heavy atom. The summed E-state index contributed by atoms with van der Waals surface area (Å²) in [5, 5.41) is 0. The fourth-order valence-corrected chi connectivity index (χ4v) is 3.39. The standard InChI is InChI=1S/C15H25IN4/c1-20(15-7-6-13(16)9-19-15)10-11-2-4-12(5-3-11)14(18)8-17/h6-7,9,11-12,14H,2-5,8,10,17-18H2,1H3/t11-,12-,14?. The highest BCUT2D eigenvalue weighted by atomic mass is 127. The average Bonchev–Trinajstić information content (AvgIpc) is 2.48. The quantitative estimate of drug-likeness (QED) is 0.760. The van der Waals surface area contributed by atoms with Gasteiger partial charge in [0.15, 0.2) is 0 Å². The van der Waals surface area contributed by atoms with Crippen molar-refractivity contribution in [3.05, 3.63) is 21.9 Å². The molecule has 112 valence electrons. The van der Waals surface area contributed by atoms with Crippen LogP contribution in [0.2, 0.25) is 0 Å². The lowest BCUT2D eigenvalue weighted by Crippen LogP contribution is -2.40. The zero-order valence-electron chi connectivity index (χ0n) is 12.1. The first kappa shape index (κ1) is 16.0. The second kappa shape index (κ2) is 7.56. The summed E-state index contributed by atoms with van der Waals surface area (Å²) in [5.74, 6) is 2.44. The van der Waals surface area contributed by atoms with E-state index in [2.05, 4.69) is 51.7 Å². The molecule has 1 unspecified atom stereocenters. The van der Waals surface area contributed by atoms with Crippen molar-refractivity contribution in [3.8, 4) is 0 Å². The van der Waals surface area contributed by atoms with Gasteiger partial charge in [-0.1, -0.05) is 0 Å². The molecule has 0 bridgehead atoms. The SMILES string of the molecule is CN(C[C@H]1CC[C@H](C(N)CN)CC1)c1ccc(I)cn1. The molecule has 2 rings (SSSR count). The van der Waals surface area contributed by atoms with Crippen molar-refractivity contribution in [2.75, 3.05) is 25.0 Å². The summed E-state index contributed by atoms with van der Waals surface area (Å²) >= 11 is 2.28. The summed E-state index contributed by atoms with van der Waals surface area (Å²) in [5.41, 5.74) is 11.7. The first-order chi connectivity index (χ1) is 9.60. The molecule has 0 spiro atoms. The van der Waals surface area contributed by atoms with Gasteiger partial charge in [0.2, 0.25) is 0 Å². The van der Waals surface area contributed by atoms with E-state index >= 15 is 0 Å². The fraction of sp³-hybridized carbons (Fsp3) is 0.667. The molecule has 1 aromatic rings. The summed E-state index contributed by atoms with van der Waals surface area (Å²) in [6.45, 7) is 1.69. The highest BCUT2D eigenvalue weighted by Crippen LogP contribution is 2.31. The lowest BCUT2D eigenvalue weighted by Gasteiger charge is -2.33. The Bertz CT molecular complexity index is 401. The molecule has 0 amide bonds. The maximum Gasteiger partial charge on any atom is 0.128 e. The second-order valence-electron chi connectivity index (χ2n) is 5.90. The number of halogens is 1. The number of hydrogen-bond acceptors (Lipinski definition) is 4. The van der Waals surface area contributed by atoms with Gasteiger partial charge < -0.3 is 16.4 Å².